The first-order valence-corrected chi connectivity index (χ1v) is 8.05. The van der Waals surface area contributed by atoms with E-state index in [0.717, 1.165) is 16.5 Å². The van der Waals surface area contributed by atoms with Crippen molar-refractivity contribution in [3.05, 3.63) is 28.2 Å². The molecule has 4 nitrogen and oxygen atoms in total. The lowest BCUT2D eigenvalue weighted by Crippen LogP contribution is -2.38. The molecule has 0 aliphatic carbocycles. The van der Waals surface area contributed by atoms with Gasteiger partial charge >= 0.3 is 0 Å². The van der Waals surface area contributed by atoms with Crippen LogP contribution < -0.4 is 15.8 Å². The molecule has 0 radical (unpaired) electrons. The lowest BCUT2D eigenvalue weighted by Gasteiger charge is -2.17. The van der Waals surface area contributed by atoms with Gasteiger partial charge in [0.2, 0.25) is 0 Å². The minimum atomic E-state index is -0.104. The van der Waals surface area contributed by atoms with Crippen molar-refractivity contribution in [3.8, 4) is 5.75 Å². The number of amides is 1. The molecular weight excluding hydrogens is 332 g/mol. The summed E-state index contributed by atoms with van der Waals surface area (Å²) < 4.78 is 6.56. The van der Waals surface area contributed by atoms with Gasteiger partial charge in [0.05, 0.1) is 0 Å². The first-order valence-electron chi connectivity index (χ1n) is 7.25. The summed E-state index contributed by atoms with van der Waals surface area (Å²) in [5.74, 6) is 0.980. The molecular formula is C16H25BrN2O2. The quantitative estimate of drug-likeness (QED) is 0.789. The Morgan fingerprint density at radius 2 is 2.00 bits per heavy atom. The van der Waals surface area contributed by atoms with Crippen molar-refractivity contribution in [1.82, 2.24) is 5.32 Å². The zero-order chi connectivity index (χ0) is 16.0. The van der Waals surface area contributed by atoms with E-state index in [2.05, 4.69) is 35.1 Å². The third-order valence-electron chi connectivity index (χ3n) is 3.32. The van der Waals surface area contributed by atoms with E-state index in [9.17, 15) is 4.79 Å². The van der Waals surface area contributed by atoms with E-state index in [1.54, 1.807) is 0 Å². The van der Waals surface area contributed by atoms with Crippen LogP contribution in [0.2, 0.25) is 0 Å². The molecule has 0 saturated carbocycles. The van der Waals surface area contributed by atoms with Gasteiger partial charge in [-0.05, 0) is 49.9 Å². The van der Waals surface area contributed by atoms with E-state index in [-0.39, 0.29) is 24.6 Å². The van der Waals surface area contributed by atoms with Crippen LogP contribution in [0.4, 0.5) is 0 Å². The average Bonchev–Trinajstić information content (AvgIpc) is 2.39. The molecule has 2 unspecified atom stereocenters. The molecule has 0 fully saturated rings. The average molecular weight is 357 g/mol. The van der Waals surface area contributed by atoms with Crippen LogP contribution in [0.25, 0.3) is 0 Å². The SMILES string of the molecule is CC(N)Cc1cc(OCC(=O)NC(C)C(C)C)ccc1Br. The van der Waals surface area contributed by atoms with Gasteiger partial charge in [-0.15, -0.1) is 0 Å². The predicted octanol–water partition coefficient (Wildman–Crippen LogP) is 2.88. The molecule has 2 atom stereocenters. The largest absolute Gasteiger partial charge is 0.484 e. The summed E-state index contributed by atoms with van der Waals surface area (Å²) in [5.41, 5.74) is 6.90. The second kappa shape index (κ2) is 8.39. The smallest absolute Gasteiger partial charge is 0.258 e. The number of halogens is 1. The number of benzene rings is 1. The Hall–Kier alpha value is -1.07. The summed E-state index contributed by atoms with van der Waals surface area (Å²) >= 11 is 3.50. The zero-order valence-electron chi connectivity index (χ0n) is 13.2. The number of rotatable bonds is 7. The number of hydrogen-bond donors (Lipinski definition) is 2. The molecule has 0 aromatic heterocycles. The van der Waals surface area contributed by atoms with Crippen molar-refractivity contribution in [2.45, 2.75) is 46.2 Å². The molecule has 0 spiro atoms. The lowest BCUT2D eigenvalue weighted by atomic mass is 10.1. The normalized spacial score (nSPS) is 13.9. The maximum Gasteiger partial charge on any atom is 0.258 e. The highest BCUT2D eigenvalue weighted by Crippen LogP contribution is 2.23. The van der Waals surface area contributed by atoms with E-state index in [0.29, 0.717) is 11.7 Å². The number of ether oxygens (including phenoxy) is 1. The first kappa shape index (κ1) is 18.0. The monoisotopic (exact) mass is 356 g/mol. The Bertz CT molecular complexity index is 475. The molecule has 5 heteroatoms. The molecule has 0 aliphatic rings. The molecule has 3 N–H and O–H groups in total. The fourth-order valence-corrected chi connectivity index (χ4v) is 2.16. The van der Waals surface area contributed by atoms with Crippen LogP contribution in [0.3, 0.4) is 0 Å². The van der Waals surface area contributed by atoms with Gasteiger partial charge in [0, 0.05) is 16.6 Å². The van der Waals surface area contributed by atoms with Gasteiger partial charge in [-0.2, -0.15) is 0 Å². The molecule has 0 saturated heterocycles. The Balaban J connectivity index is 2.57. The highest BCUT2D eigenvalue weighted by Gasteiger charge is 2.11. The van der Waals surface area contributed by atoms with Crippen LogP contribution in [0.15, 0.2) is 22.7 Å². The minimum absolute atomic E-state index is 0.0241. The van der Waals surface area contributed by atoms with Gasteiger partial charge in [0.25, 0.3) is 5.91 Å². The Morgan fingerprint density at radius 3 is 2.57 bits per heavy atom. The third kappa shape index (κ3) is 6.48. The fraction of sp³-hybridized carbons (Fsp3) is 0.562. The van der Waals surface area contributed by atoms with E-state index in [1.807, 2.05) is 32.0 Å². The van der Waals surface area contributed by atoms with Crippen LogP contribution in [0, 0.1) is 5.92 Å². The lowest BCUT2D eigenvalue weighted by molar-refractivity contribution is -0.124. The van der Waals surface area contributed by atoms with Gasteiger partial charge in [0.15, 0.2) is 6.61 Å². The molecule has 1 rings (SSSR count). The summed E-state index contributed by atoms with van der Waals surface area (Å²) in [6.07, 6.45) is 0.758. The summed E-state index contributed by atoms with van der Waals surface area (Å²) in [6.45, 7) is 8.11. The maximum absolute atomic E-state index is 11.8. The molecule has 0 heterocycles. The number of carbonyl (C=O) groups is 1. The van der Waals surface area contributed by atoms with Crippen molar-refractivity contribution < 1.29 is 9.53 Å². The molecule has 118 valence electrons. The van der Waals surface area contributed by atoms with Crippen molar-refractivity contribution in [3.63, 3.8) is 0 Å². The zero-order valence-corrected chi connectivity index (χ0v) is 14.7. The van der Waals surface area contributed by atoms with Crippen molar-refractivity contribution in [1.29, 1.82) is 0 Å². The predicted molar refractivity (Wildman–Crippen MR) is 89.4 cm³/mol. The minimum Gasteiger partial charge on any atom is -0.484 e. The maximum atomic E-state index is 11.8. The first-order chi connectivity index (χ1) is 9.79. The molecule has 1 aromatic carbocycles. The van der Waals surface area contributed by atoms with Gasteiger partial charge in [-0.25, -0.2) is 0 Å². The van der Waals surface area contributed by atoms with Crippen LogP contribution in [-0.2, 0) is 11.2 Å². The molecule has 1 amide bonds. The number of nitrogens with one attached hydrogen (secondary N) is 1. The Labute approximate surface area is 135 Å². The van der Waals surface area contributed by atoms with E-state index in [1.165, 1.54) is 0 Å². The highest BCUT2D eigenvalue weighted by atomic mass is 79.9. The molecule has 1 aromatic rings. The fourth-order valence-electron chi connectivity index (χ4n) is 1.76. The van der Waals surface area contributed by atoms with Crippen molar-refractivity contribution in [2.75, 3.05) is 6.61 Å². The summed E-state index contributed by atoms with van der Waals surface area (Å²) in [5, 5.41) is 2.91. The van der Waals surface area contributed by atoms with Gasteiger partial charge in [0.1, 0.15) is 5.75 Å². The summed E-state index contributed by atoms with van der Waals surface area (Å²) in [7, 11) is 0. The second-order valence-electron chi connectivity index (χ2n) is 5.82. The number of hydrogen-bond acceptors (Lipinski definition) is 3. The highest BCUT2D eigenvalue weighted by molar-refractivity contribution is 9.10. The van der Waals surface area contributed by atoms with Crippen molar-refractivity contribution >= 4 is 21.8 Å². The van der Waals surface area contributed by atoms with Crippen molar-refractivity contribution in [2.24, 2.45) is 11.7 Å². The summed E-state index contributed by atoms with van der Waals surface area (Å²) in [4.78, 5) is 11.8. The Kier molecular flexibility index (Phi) is 7.18. The van der Waals surface area contributed by atoms with Crippen LogP contribution >= 0.6 is 15.9 Å². The van der Waals surface area contributed by atoms with E-state index in [4.69, 9.17) is 10.5 Å². The van der Waals surface area contributed by atoms with Gasteiger partial charge in [-0.3, -0.25) is 4.79 Å². The number of nitrogens with two attached hydrogens (primary N) is 1. The second-order valence-corrected chi connectivity index (χ2v) is 6.68. The van der Waals surface area contributed by atoms with E-state index >= 15 is 0 Å². The topological polar surface area (TPSA) is 64.3 Å². The molecule has 21 heavy (non-hydrogen) atoms. The van der Waals surface area contributed by atoms with Gasteiger partial charge in [-0.1, -0.05) is 29.8 Å². The molecule has 0 aliphatic heterocycles. The summed E-state index contributed by atoms with van der Waals surface area (Å²) in [6, 6.07) is 5.90. The van der Waals surface area contributed by atoms with Crippen LogP contribution in [-0.4, -0.2) is 24.6 Å². The number of carbonyl (C=O) groups excluding carboxylic acids is 1. The van der Waals surface area contributed by atoms with Crippen LogP contribution in [0.5, 0.6) is 5.75 Å². The standard InChI is InChI=1S/C16H25BrN2O2/c1-10(2)12(4)19-16(20)9-21-14-5-6-15(17)13(8-14)7-11(3)18/h5-6,8,10-12H,7,9,18H2,1-4H3,(H,19,20). The van der Waals surface area contributed by atoms with E-state index < -0.39 is 0 Å². The third-order valence-corrected chi connectivity index (χ3v) is 4.09. The Morgan fingerprint density at radius 1 is 1.33 bits per heavy atom. The van der Waals surface area contributed by atoms with Crippen LogP contribution in [0.1, 0.15) is 33.3 Å². The van der Waals surface area contributed by atoms with Gasteiger partial charge < -0.3 is 15.8 Å². The molecule has 0 bridgehead atoms.